The van der Waals surface area contributed by atoms with Gasteiger partial charge in [0.15, 0.2) is 0 Å². The van der Waals surface area contributed by atoms with Crippen LogP contribution in [0, 0.1) is 18.6 Å². The molecule has 0 aliphatic heterocycles. The molecule has 0 heterocycles. The molecule has 0 saturated carbocycles. The molecule has 100 valence electrons. The highest BCUT2D eigenvalue weighted by Crippen LogP contribution is 2.22. The lowest BCUT2D eigenvalue weighted by Gasteiger charge is -2.11. The molecule has 0 aliphatic carbocycles. The fourth-order valence-electron chi connectivity index (χ4n) is 1.84. The van der Waals surface area contributed by atoms with Crippen molar-refractivity contribution in [1.82, 2.24) is 0 Å². The Hall–Kier alpha value is -2.10. The van der Waals surface area contributed by atoms with E-state index in [0.29, 0.717) is 17.8 Å². The van der Waals surface area contributed by atoms with Crippen LogP contribution in [0.1, 0.15) is 11.1 Å². The summed E-state index contributed by atoms with van der Waals surface area (Å²) in [4.78, 5) is 0. The largest absolute Gasteiger partial charge is 0.397 e. The van der Waals surface area contributed by atoms with Crippen molar-refractivity contribution in [2.24, 2.45) is 0 Å². The molecule has 0 fully saturated rings. The number of nitrogen functional groups attached to an aromatic ring is 1. The predicted octanol–water partition coefficient (Wildman–Crippen LogP) is 3.51. The van der Waals surface area contributed by atoms with Gasteiger partial charge in [-0.05, 0) is 48.7 Å². The highest BCUT2D eigenvalue weighted by Gasteiger charge is 2.04. The summed E-state index contributed by atoms with van der Waals surface area (Å²) in [7, 11) is 0. The molecule has 0 atom stereocenters. The predicted molar refractivity (Wildman–Crippen MR) is 74.1 cm³/mol. The zero-order chi connectivity index (χ0) is 13.8. The van der Waals surface area contributed by atoms with Crippen LogP contribution in [0.15, 0.2) is 36.4 Å². The van der Waals surface area contributed by atoms with E-state index in [4.69, 9.17) is 5.73 Å². The number of rotatable bonds is 4. The van der Waals surface area contributed by atoms with E-state index in [2.05, 4.69) is 5.32 Å². The van der Waals surface area contributed by atoms with Gasteiger partial charge >= 0.3 is 0 Å². The molecular weight excluding hydrogens is 246 g/mol. The van der Waals surface area contributed by atoms with Crippen LogP contribution in [0.2, 0.25) is 0 Å². The zero-order valence-electron chi connectivity index (χ0n) is 10.7. The number of hydrogen-bond acceptors (Lipinski definition) is 2. The summed E-state index contributed by atoms with van der Waals surface area (Å²) in [5.41, 5.74) is 8.44. The maximum atomic E-state index is 13.2. The molecule has 2 rings (SSSR count). The van der Waals surface area contributed by atoms with Crippen molar-refractivity contribution < 1.29 is 8.78 Å². The molecule has 0 saturated heterocycles. The molecule has 2 nitrogen and oxygen atoms in total. The molecule has 0 unspecified atom stereocenters. The second kappa shape index (κ2) is 5.69. The number of benzene rings is 2. The van der Waals surface area contributed by atoms with Gasteiger partial charge in [0.05, 0.1) is 11.4 Å². The first kappa shape index (κ1) is 13.3. The summed E-state index contributed by atoms with van der Waals surface area (Å²) >= 11 is 0. The van der Waals surface area contributed by atoms with Gasteiger partial charge in [0, 0.05) is 6.54 Å². The van der Waals surface area contributed by atoms with E-state index < -0.39 is 0 Å². The molecule has 3 N–H and O–H groups in total. The second-order valence-electron chi connectivity index (χ2n) is 4.49. The minimum absolute atomic E-state index is 0.241. The Morgan fingerprint density at radius 2 is 1.79 bits per heavy atom. The van der Waals surface area contributed by atoms with Crippen LogP contribution in [0.3, 0.4) is 0 Å². The molecule has 4 heteroatoms. The smallest absolute Gasteiger partial charge is 0.128 e. The number of halogens is 2. The summed E-state index contributed by atoms with van der Waals surface area (Å²) in [5, 5.41) is 3.16. The molecule has 0 radical (unpaired) electrons. The first-order valence-corrected chi connectivity index (χ1v) is 6.10. The van der Waals surface area contributed by atoms with Gasteiger partial charge in [-0.3, -0.25) is 0 Å². The van der Waals surface area contributed by atoms with Crippen molar-refractivity contribution in [3.63, 3.8) is 0 Å². The van der Waals surface area contributed by atoms with Crippen LogP contribution >= 0.6 is 0 Å². The van der Waals surface area contributed by atoms with E-state index in [1.807, 2.05) is 0 Å². The maximum Gasteiger partial charge on any atom is 0.128 e. The van der Waals surface area contributed by atoms with Crippen molar-refractivity contribution in [1.29, 1.82) is 0 Å². The van der Waals surface area contributed by atoms with E-state index in [-0.39, 0.29) is 11.6 Å². The summed E-state index contributed by atoms with van der Waals surface area (Å²) in [6.07, 6.45) is 0.746. The highest BCUT2D eigenvalue weighted by molar-refractivity contribution is 5.67. The van der Waals surface area contributed by atoms with Crippen molar-refractivity contribution in [3.05, 3.63) is 59.2 Å². The molecule has 2 aromatic rings. The summed E-state index contributed by atoms with van der Waals surface area (Å²) in [6.45, 7) is 2.35. The number of aryl methyl sites for hydroxylation is 1. The minimum Gasteiger partial charge on any atom is -0.397 e. The highest BCUT2D eigenvalue weighted by atomic mass is 19.1. The van der Waals surface area contributed by atoms with Crippen LogP contribution in [-0.2, 0) is 6.42 Å². The third kappa shape index (κ3) is 3.44. The van der Waals surface area contributed by atoms with Crippen LogP contribution in [-0.4, -0.2) is 6.54 Å². The lowest BCUT2D eigenvalue weighted by atomic mass is 10.1. The fraction of sp³-hybridized carbons (Fsp3) is 0.200. The van der Waals surface area contributed by atoms with Gasteiger partial charge in [0.2, 0.25) is 0 Å². The lowest BCUT2D eigenvalue weighted by molar-refractivity contribution is 0.619. The van der Waals surface area contributed by atoms with Gasteiger partial charge in [-0.2, -0.15) is 0 Å². The van der Waals surface area contributed by atoms with Crippen molar-refractivity contribution in [2.45, 2.75) is 13.3 Å². The van der Waals surface area contributed by atoms with E-state index in [9.17, 15) is 8.78 Å². The number of anilines is 2. The lowest BCUT2D eigenvalue weighted by Crippen LogP contribution is -2.07. The van der Waals surface area contributed by atoms with E-state index in [0.717, 1.165) is 17.7 Å². The monoisotopic (exact) mass is 262 g/mol. The average Bonchev–Trinajstić information content (AvgIpc) is 2.38. The van der Waals surface area contributed by atoms with Gasteiger partial charge in [-0.25, -0.2) is 8.78 Å². The zero-order valence-corrected chi connectivity index (χ0v) is 10.7. The molecular formula is C15H16F2N2. The molecule has 0 aliphatic rings. The number of nitrogens with two attached hydrogens (primary N) is 1. The first-order chi connectivity index (χ1) is 9.06. The molecule has 0 bridgehead atoms. The molecule has 0 spiro atoms. The van der Waals surface area contributed by atoms with Gasteiger partial charge in [-0.1, -0.05) is 12.1 Å². The fourth-order valence-corrected chi connectivity index (χ4v) is 1.84. The Bertz CT molecular complexity index is 565. The Labute approximate surface area is 111 Å². The van der Waals surface area contributed by atoms with Crippen LogP contribution in [0.4, 0.5) is 20.2 Å². The molecule has 0 amide bonds. The van der Waals surface area contributed by atoms with E-state index >= 15 is 0 Å². The Balaban J connectivity index is 1.96. The van der Waals surface area contributed by atoms with E-state index in [1.165, 1.54) is 18.2 Å². The second-order valence-corrected chi connectivity index (χ2v) is 4.49. The summed E-state index contributed by atoms with van der Waals surface area (Å²) < 4.78 is 26.0. The third-order valence-electron chi connectivity index (χ3n) is 2.97. The quantitative estimate of drug-likeness (QED) is 0.827. The molecule has 2 aromatic carbocycles. The third-order valence-corrected chi connectivity index (χ3v) is 2.97. The van der Waals surface area contributed by atoms with E-state index in [1.54, 1.807) is 25.1 Å². The minimum atomic E-state index is -0.304. The Kier molecular flexibility index (Phi) is 4.00. The summed E-state index contributed by atoms with van der Waals surface area (Å²) in [5.74, 6) is -0.545. The van der Waals surface area contributed by atoms with Gasteiger partial charge in [-0.15, -0.1) is 0 Å². The number of nitrogens with one attached hydrogen (secondary N) is 1. The average molecular weight is 262 g/mol. The van der Waals surface area contributed by atoms with Crippen molar-refractivity contribution >= 4 is 11.4 Å². The van der Waals surface area contributed by atoms with Crippen molar-refractivity contribution in [2.75, 3.05) is 17.6 Å². The van der Waals surface area contributed by atoms with Crippen LogP contribution in [0.25, 0.3) is 0 Å². The SMILES string of the molecule is Cc1cc(NCCc2ccc(F)cc2)c(N)cc1F. The van der Waals surface area contributed by atoms with Crippen LogP contribution in [0.5, 0.6) is 0 Å². The van der Waals surface area contributed by atoms with Gasteiger partial charge in [0.25, 0.3) is 0 Å². The normalized spacial score (nSPS) is 10.5. The Morgan fingerprint density at radius 1 is 1.11 bits per heavy atom. The molecule has 19 heavy (non-hydrogen) atoms. The maximum absolute atomic E-state index is 13.2. The first-order valence-electron chi connectivity index (χ1n) is 6.10. The topological polar surface area (TPSA) is 38.0 Å². The Morgan fingerprint density at radius 3 is 2.47 bits per heavy atom. The molecule has 0 aromatic heterocycles. The van der Waals surface area contributed by atoms with Crippen LogP contribution < -0.4 is 11.1 Å². The number of hydrogen-bond donors (Lipinski definition) is 2. The standard InChI is InChI=1S/C15H16F2N2/c1-10-8-15(14(18)9-13(10)17)19-7-6-11-2-4-12(16)5-3-11/h2-5,8-9,19H,6-7,18H2,1H3. The summed E-state index contributed by atoms with van der Waals surface area (Å²) in [6, 6.07) is 9.37. The van der Waals surface area contributed by atoms with Gasteiger partial charge < -0.3 is 11.1 Å². The van der Waals surface area contributed by atoms with Crippen molar-refractivity contribution in [3.8, 4) is 0 Å². The van der Waals surface area contributed by atoms with Gasteiger partial charge in [0.1, 0.15) is 11.6 Å².